The average molecular weight is 328 g/mol. The number of rotatable bonds is 6. The van der Waals surface area contributed by atoms with Crippen LogP contribution in [-0.2, 0) is 6.42 Å². The van der Waals surface area contributed by atoms with Gasteiger partial charge in [0, 0.05) is 11.3 Å². The summed E-state index contributed by atoms with van der Waals surface area (Å²) in [7, 11) is 0. The summed E-state index contributed by atoms with van der Waals surface area (Å²) in [5, 5.41) is 3.57. The summed E-state index contributed by atoms with van der Waals surface area (Å²) in [5.74, 6) is 1.06. The van der Waals surface area contributed by atoms with E-state index in [-0.39, 0.29) is 6.04 Å². The zero-order valence-electron chi connectivity index (χ0n) is 10.7. The summed E-state index contributed by atoms with van der Waals surface area (Å²) in [6, 6.07) is 6.57. The van der Waals surface area contributed by atoms with Crippen LogP contribution in [0.4, 0.5) is 0 Å². The molecular formula is C14H18BrNOS. The molecule has 0 amide bonds. The van der Waals surface area contributed by atoms with Crippen LogP contribution in [0.2, 0.25) is 0 Å². The largest absolute Gasteiger partial charge is 0.467 e. The van der Waals surface area contributed by atoms with Gasteiger partial charge in [-0.15, -0.1) is 11.3 Å². The van der Waals surface area contributed by atoms with Crippen LogP contribution in [-0.4, -0.2) is 6.54 Å². The second-order valence-corrected chi connectivity index (χ2v) is 6.93. The molecule has 0 saturated heterocycles. The van der Waals surface area contributed by atoms with E-state index in [1.54, 1.807) is 17.6 Å². The molecule has 4 heteroatoms. The maximum absolute atomic E-state index is 5.63. The van der Waals surface area contributed by atoms with Crippen LogP contribution < -0.4 is 5.32 Å². The van der Waals surface area contributed by atoms with E-state index in [0.29, 0.717) is 0 Å². The average Bonchev–Trinajstić information content (AvgIpc) is 2.93. The zero-order valence-corrected chi connectivity index (χ0v) is 13.1. The van der Waals surface area contributed by atoms with Crippen LogP contribution in [0.15, 0.2) is 32.7 Å². The molecule has 18 heavy (non-hydrogen) atoms. The third-order valence-corrected chi connectivity index (χ3v) is 4.54. The summed E-state index contributed by atoms with van der Waals surface area (Å²) >= 11 is 5.30. The fourth-order valence-electron chi connectivity index (χ4n) is 1.98. The number of aryl methyl sites for hydroxylation is 1. The van der Waals surface area contributed by atoms with E-state index in [9.17, 15) is 0 Å². The maximum atomic E-state index is 5.63. The van der Waals surface area contributed by atoms with Crippen molar-refractivity contribution in [1.29, 1.82) is 0 Å². The van der Waals surface area contributed by atoms with Crippen molar-refractivity contribution in [2.45, 2.75) is 32.7 Å². The third-order valence-electron chi connectivity index (χ3n) is 2.89. The first-order valence-electron chi connectivity index (χ1n) is 6.22. The van der Waals surface area contributed by atoms with E-state index in [2.05, 4.69) is 47.2 Å². The summed E-state index contributed by atoms with van der Waals surface area (Å²) in [6.45, 7) is 5.29. The van der Waals surface area contributed by atoms with Gasteiger partial charge >= 0.3 is 0 Å². The molecule has 0 aromatic carbocycles. The van der Waals surface area contributed by atoms with E-state index in [1.807, 2.05) is 6.07 Å². The Kier molecular flexibility index (Phi) is 5.03. The smallest absolute Gasteiger partial charge is 0.123 e. The molecule has 0 aliphatic heterocycles. The highest BCUT2D eigenvalue weighted by atomic mass is 79.9. The Balaban J connectivity index is 2.12. The molecule has 0 radical (unpaired) electrons. The standard InChI is InChI=1S/C14H18BrNOS/c1-3-7-16-12(14-10(2)6-8-17-14)9-11-4-5-13(15)18-11/h4-6,8,12,16H,3,7,9H2,1-2H3. The lowest BCUT2D eigenvalue weighted by molar-refractivity contribution is 0.409. The normalized spacial score (nSPS) is 12.8. The van der Waals surface area contributed by atoms with E-state index >= 15 is 0 Å². The van der Waals surface area contributed by atoms with Crippen LogP contribution in [0.3, 0.4) is 0 Å². The fourth-order valence-corrected chi connectivity index (χ4v) is 3.51. The van der Waals surface area contributed by atoms with Crippen molar-refractivity contribution in [1.82, 2.24) is 5.32 Å². The first-order chi connectivity index (χ1) is 8.70. The van der Waals surface area contributed by atoms with Gasteiger partial charge < -0.3 is 9.73 Å². The van der Waals surface area contributed by atoms with Crippen LogP contribution >= 0.6 is 27.3 Å². The predicted molar refractivity (Wildman–Crippen MR) is 80.2 cm³/mol. The molecule has 0 aliphatic rings. The minimum Gasteiger partial charge on any atom is -0.467 e. The number of hydrogen-bond donors (Lipinski definition) is 1. The zero-order chi connectivity index (χ0) is 13.0. The van der Waals surface area contributed by atoms with E-state index < -0.39 is 0 Å². The molecule has 98 valence electrons. The van der Waals surface area contributed by atoms with Gasteiger partial charge in [0.05, 0.1) is 16.1 Å². The Morgan fingerprint density at radius 1 is 1.39 bits per heavy atom. The van der Waals surface area contributed by atoms with Gasteiger partial charge in [-0.3, -0.25) is 0 Å². The van der Waals surface area contributed by atoms with Crippen molar-refractivity contribution >= 4 is 27.3 Å². The number of furan rings is 1. The molecule has 2 rings (SSSR count). The van der Waals surface area contributed by atoms with Gasteiger partial charge in [-0.1, -0.05) is 6.92 Å². The predicted octanol–water partition coefficient (Wildman–Crippen LogP) is 4.70. The number of thiophene rings is 1. The number of nitrogens with one attached hydrogen (secondary N) is 1. The van der Waals surface area contributed by atoms with Gasteiger partial charge in [-0.25, -0.2) is 0 Å². The van der Waals surface area contributed by atoms with Crippen LogP contribution in [0.25, 0.3) is 0 Å². The summed E-state index contributed by atoms with van der Waals surface area (Å²) < 4.78 is 6.82. The van der Waals surface area contributed by atoms with Crippen molar-refractivity contribution in [3.8, 4) is 0 Å². The van der Waals surface area contributed by atoms with E-state index in [4.69, 9.17) is 4.42 Å². The minimum absolute atomic E-state index is 0.269. The monoisotopic (exact) mass is 327 g/mol. The number of halogens is 1. The van der Waals surface area contributed by atoms with Crippen LogP contribution in [0, 0.1) is 6.92 Å². The van der Waals surface area contributed by atoms with E-state index in [1.165, 1.54) is 14.2 Å². The van der Waals surface area contributed by atoms with Crippen molar-refractivity contribution in [3.63, 3.8) is 0 Å². The first kappa shape index (κ1) is 13.8. The van der Waals surface area contributed by atoms with Gasteiger partial charge in [0.1, 0.15) is 5.76 Å². The van der Waals surface area contributed by atoms with E-state index in [0.717, 1.165) is 25.1 Å². The summed E-state index contributed by atoms with van der Waals surface area (Å²) in [5.41, 5.74) is 1.22. The van der Waals surface area contributed by atoms with Gasteiger partial charge in [-0.2, -0.15) is 0 Å². The highest BCUT2D eigenvalue weighted by Gasteiger charge is 2.17. The van der Waals surface area contributed by atoms with Gasteiger partial charge in [0.2, 0.25) is 0 Å². The van der Waals surface area contributed by atoms with Gasteiger partial charge in [0.15, 0.2) is 0 Å². The molecule has 1 atom stereocenters. The Bertz CT molecular complexity index is 491. The Morgan fingerprint density at radius 2 is 2.22 bits per heavy atom. The number of hydrogen-bond acceptors (Lipinski definition) is 3. The van der Waals surface area contributed by atoms with Crippen molar-refractivity contribution in [3.05, 3.63) is 44.4 Å². The van der Waals surface area contributed by atoms with Crippen molar-refractivity contribution in [2.24, 2.45) is 0 Å². The topological polar surface area (TPSA) is 25.2 Å². The summed E-state index contributed by atoms with van der Waals surface area (Å²) in [6.07, 6.45) is 3.88. The lowest BCUT2D eigenvalue weighted by Gasteiger charge is -2.16. The summed E-state index contributed by atoms with van der Waals surface area (Å²) in [4.78, 5) is 1.37. The molecule has 1 N–H and O–H groups in total. The highest BCUT2D eigenvalue weighted by molar-refractivity contribution is 9.11. The molecule has 0 spiro atoms. The molecule has 1 unspecified atom stereocenters. The van der Waals surface area contributed by atoms with Crippen molar-refractivity contribution in [2.75, 3.05) is 6.54 Å². The molecule has 0 aliphatic carbocycles. The quantitative estimate of drug-likeness (QED) is 0.832. The first-order valence-corrected chi connectivity index (χ1v) is 7.83. The third kappa shape index (κ3) is 3.46. The lowest BCUT2D eigenvalue weighted by Crippen LogP contribution is -2.24. The SMILES string of the molecule is CCCNC(Cc1ccc(Br)s1)c1occc1C. The molecule has 0 fully saturated rings. The van der Waals surface area contributed by atoms with Gasteiger partial charge in [0.25, 0.3) is 0 Å². The van der Waals surface area contributed by atoms with Gasteiger partial charge in [-0.05, 0) is 59.6 Å². The molecule has 0 saturated carbocycles. The Labute approximate surface area is 121 Å². The second-order valence-electron chi connectivity index (χ2n) is 4.38. The van der Waals surface area contributed by atoms with Crippen molar-refractivity contribution < 1.29 is 4.42 Å². The molecule has 2 nitrogen and oxygen atoms in total. The lowest BCUT2D eigenvalue weighted by atomic mass is 10.1. The fraction of sp³-hybridized carbons (Fsp3) is 0.429. The second kappa shape index (κ2) is 6.55. The minimum atomic E-state index is 0.269. The van der Waals surface area contributed by atoms with Crippen LogP contribution in [0.5, 0.6) is 0 Å². The molecule has 0 bridgehead atoms. The molecule has 2 heterocycles. The maximum Gasteiger partial charge on any atom is 0.123 e. The molecule has 2 aromatic rings. The molecule has 2 aromatic heterocycles. The highest BCUT2D eigenvalue weighted by Crippen LogP contribution is 2.28. The Hall–Kier alpha value is -0.580. The van der Waals surface area contributed by atoms with Crippen LogP contribution in [0.1, 0.15) is 35.6 Å². The molecular weight excluding hydrogens is 310 g/mol. The Morgan fingerprint density at radius 3 is 2.78 bits per heavy atom.